The highest BCUT2D eigenvalue weighted by Gasteiger charge is 2.20. The summed E-state index contributed by atoms with van der Waals surface area (Å²) in [5.74, 6) is -0.0447. The maximum absolute atomic E-state index is 12.5. The Morgan fingerprint density at radius 3 is 2.54 bits per heavy atom. The van der Waals surface area contributed by atoms with Gasteiger partial charge in [0, 0.05) is 37.6 Å². The number of anilines is 1. The van der Waals surface area contributed by atoms with Crippen LogP contribution in [-0.4, -0.2) is 55.1 Å². The summed E-state index contributed by atoms with van der Waals surface area (Å²) in [6.07, 6.45) is 13.1. The van der Waals surface area contributed by atoms with Crippen molar-refractivity contribution in [1.82, 2.24) is 15.2 Å². The third-order valence-electron chi connectivity index (χ3n) is 5.88. The quantitative estimate of drug-likeness (QED) is 0.876. The molecule has 0 radical (unpaired) electrons. The van der Waals surface area contributed by atoms with Gasteiger partial charge in [-0.3, -0.25) is 9.78 Å². The van der Waals surface area contributed by atoms with Gasteiger partial charge in [0.15, 0.2) is 0 Å². The van der Waals surface area contributed by atoms with Crippen LogP contribution < -0.4 is 10.2 Å². The standard InChI is InChI=1S/C21H34N4O/c1-24-14-8-9-18(24)10-13-23-21(26)20-17-19(11-12-22-20)25-15-6-4-2-3-5-7-16-25/h11-12,17-18H,2-10,13-16H2,1H3,(H,23,26)/t18-/m0/s1. The number of likely N-dealkylation sites (tertiary alicyclic amines) is 1. The molecular formula is C21H34N4O. The number of nitrogens with one attached hydrogen (secondary N) is 1. The highest BCUT2D eigenvalue weighted by Crippen LogP contribution is 2.20. The van der Waals surface area contributed by atoms with Crippen LogP contribution in [0.25, 0.3) is 0 Å². The molecule has 1 atom stereocenters. The van der Waals surface area contributed by atoms with Crippen molar-refractivity contribution < 1.29 is 4.79 Å². The van der Waals surface area contributed by atoms with Gasteiger partial charge in [-0.05, 0) is 57.8 Å². The number of amides is 1. The zero-order valence-corrected chi connectivity index (χ0v) is 16.3. The van der Waals surface area contributed by atoms with Gasteiger partial charge in [-0.15, -0.1) is 0 Å². The second-order valence-corrected chi connectivity index (χ2v) is 7.83. The van der Waals surface area contributed by atoms with E-state index in [2.05, 4.69) is 27.1 Å². The van der Waals surface area contributed by atoms with E-state index in [1.807, 2.05) is 12.1 Å². The minimum atomic E-state index is -0.0447. The first-order chi connectivity index (χ1) is 12.7. The van der Waals surface area contributed by atoms with Crippen molar-refractivity contribution in [3.8, 4) is 0 Å². The molecule has 5 nitrogen and oxygen atoms in total. The topological polar surface area (TPSA) is 48.5 Å². The van der Waals surface area contributed by atoms with Gasteiger partial charge in [0.25, 0.3) is 5.91 Å². The Morgan fingerprint density at radius 2 is 1.85 bits per heavy atom. The van der Waals surface area contributed by atoms with E-state index < -0.39 is 0 Å². The van der Waals surface area contributed by atoms with Gasteiger partial charge in [-0.1, -0.05) is 25.7 Å². The third kappa shape index (κ3) is 5.44. The van der Waals surface area contributed by atoms with Gasteiger partial charge in [-0.25, -0.2) is 0 Å². The molecule has 0 aromatic carbocycles. The summed E-state index contributed by atoms with van der Waals surface area (Å²) in [6.45, 7) is 4.07. The molecule has 0 aliphatic carbocycles. The van der Waals surface area contributed by atoms with Crippen LogP contribution in [0.3, 0.4) is 0 Å². The minimum absolute atomic E-state index is 0.0447. The number of aromatic nitrogens is 1. The summed E-state index contributed by atoms with van der Waals surface area (Å²) in [5.41, 5.74) is 1.68. The lowest BCUT2D eigenvalue weighted by molar-refractivity contribution is 0.0945. The molecule has 1 aromatic rings. The molecule has 1 amide bonds. The molecule has 0 bridgehead atoms. The number of pyridine rings is 1. The van der Waals surface area contributed by atoms with E-state index in [0.29, 0.717) is 11.7 Å². The van der Waals surface area contributed by atoms with Crippen molar-refractivity contribution in [3.05, 3.63) is 24.0 Å². The van der Waals surface area contributed by atoms with E-state index in [1.165, 1.54) is 57.9 Å². The van der Waals surface area contributed by atoms with Crippen LogP contribution in [0.15, 0.2) is 18.3 Å². The van der Waals surface area contributed by atoms with Gasteiger partial charge in [0.1, 0.15) is 5.69 Å². The molecule has 0 spiro atoms. The van der Waals surface area contributed by atoms with Crippen LogP contribution in [0.2, 0.25) is 0 Å². The fourth-order valence-electron chi connectivity index (χ4n) is 4.21. The molecule has 2 saturated heterocycles. The molecule has 1 aromatic heterocycles. The Labute approximate surface area is 158 Å². The molecule has 2 fully saturated rings. The third-order valence-corrected chi connectivity index (χ3v) is 5.88. The second-order valence-electron chi connectivity index (χ2n) is 7.83. The number of rotatable bonds is 5. The number of nitrogens with zero attached hydrogens (tertiary/aromatic N) is 3. The highest BCUT2D eigenvalue weighted by atomic mass is 16.1. The SMILES string of the molecule is CN1CCC[C@H]1CCNC(=O)c1cc(N2CCCCCCCC2)ccn1. The molecule has 1 N–H and O–H groups in total. The lowest BCUT2D eigenvalue weighted by Gasteiger charge is -2.24. The highest BCUT2D eigenvalue weighted by molar-refractivity contribution is 5.93. The van der Waals surface area contributed by atoms with Gasteiger partial charge in [0.05, 0.1) is 0 Å². The maximum Gasteiger partial charge on any atom is 0.269 e. The fraction of sp³-hybridized carbons (Fsp3) is 0.714. The van der Waals surface area contributed by atoms with E-state index in [0.717, 1.165) is 31.7 Å². The minimum Gasteiger partial charge on any atom is -0.371 e. The summed E-state index contributed by atoms with van der Waals surface area (Å²) >= 11 is 0. The Kier molecular flexibility index (Phi) is 7.30. The van der Waals surface area contributed by atoms with Crippen LogP contribution in [0.4, 0.5) is 5.69 Å². The Balaban J connectivity index is 1.54. The largest absolute Gasteiger partial charge is 0.371 e. The van der Waals surface area contributed by atoms with Crippen LogP contribution in [0, 0.1) is 0 Å². The first-order valence-corrected chi connectivity index (χ1v) is 10.4. The molecule has 0 unspecified atom stereocenters. The van der Waals surface area contributed by atoms with Gasteiger partial charge in [-0.2, -0.15) is 0 Å². The molecule has 0 saturated carbocycles. The zero-order valence-electron chi connectivity index (χ0n) is 16.3. The lowest BCUT2D eigenvalue weighted by atomic mass is 10.1. The number of hydrogen-bond acceptors (Lipinski definition) is 4. The number of hydrogen-bond donors (Lipinski definition) is 1. The predicted octanol–water partition coefficient (Wildman–Crippen LogP) is 3.46. The Bertz CT molecular complexity index is 567. The average molecular weight is 359 g/mol. The number of carbonyl (C=O) groups excluding carboxylic acids is 1. The van der Waals surface area contributed by atoms with Crippen LogP contribution >= 0.6 is 0 Å². The fourth-order valence-corrected chi connectivity index (χ4v) is 4.21. The van der Waals surface area contributed by atoms with Crippen molar-refractivity contribution in [2.75, 3.05) is 38.1 Å². The van der Waals surface area contributed by atoms with Crippen molar-refractivity contribution >= 4 is 11.6 Å². The van der Waals surface area contributed by atoms with Crippen molar-refractivity contribution in [1.29, 1.82) is 0 Å². The van der Waals surface area contributed by atoms with E-state index in [9.17, 15) is 4.79 Å². The summed E-state index contributed by atoms with van der Waals surface area (Å²) in [6, 6.07) is 4.62. The van der Waals surface area contributed by atoms with Crippen molar-refractivity contribution in [2.24, 2.45) is 0 Å². The second kappa shape index (κ2) is 9.91. The van der Waals surface area contributed by atoms with Crippen LogP contribution in [0.1, 0.15) is 68.3 Å². The molecule has 26 heavy (non-hydrogen) atoms. The first-order valence-electron chi connectivity index (χ1n) is 10.4. The van der Waals surface area contributed by atoms with Crippen molar-refractivity contribution in [3.63, 3.8) is 0 Å². The smallest absolute Gasteiger partial charge is 0.269 e. The van der Waals surface area contributed by atoms with Crippen LogP contribution in [-0.2, 0) is 0 Å². The van der Waals surface area contributed by atoms with E-state index in [-0.39, 0.29) is 5.91 Å². The summed E-state index contributed by atoms with van der Waals surface area (Å²) in [7, 11) is 2.18. The molecule has 3 rings (SSSR count). The summed E-state index contributed by atoms with van der Waals surface area (Å²) in [5, 5.41) is 3.06. The van der Waals surface area contributed by atoms with E-state index >= 15 is 0 Å². The van der Waals surface area contributed by atoms with Crippen LogP contribution in [0.5, 0.6) is 0 Å². The van der Waals surface area contributed by atoms with E-state index in [1.54, 1.807) is 6.20 Å². The molecular weight excluding hydrogens is 324 g/mol. The lowest BCUT2D eigenvalue weighted by Crippen LogP contribution is -2.32. The van der Waals surface area contributed by atoms with Gasteiger partial charge in [0.2, 0.25) is 0 Å². The van der Waals surface area contributed by atoms with E-state index in [4.69, 9.17) is 0 Å². The predicted molar refractivity (Wildman–Crippen MR) is 107 cm³/mol. The molecule has 5 heteroatoms. The summed E-state index contributed by atoms with van der Waals surface area (Å²) in [4.78, 5) is 21.6. The molecule has 3 heterocycles. The Hall–Kier alpha value is -1.62. The monoisotopic (exact) mass is 358 g/mol. The van der Waals surface area contributed by atoms with Gasteiger partial charge >= 0.3 is 0 Å². The summed E-state index contributed by atoms with van der Waals surface area (Å²) < 4.78 is 0. The molecule has 2 aliphatic rings. The molecule has 2 aliphatic heterocycles. The first kappa shape index (κ1) is 19.2. The Morgan fingerprint density at radius 1 is 1.12 bits per heavy atom. The average Bonchev–Trinajstić information content (AvgIpc) is 3.12. The number of carbonyl (C=O) groups is 1. The normalized spacial score (nSPS) is 22.5. The zero-order chi connectivity index (χ0) is 18.2. The van der Waals surface area contributed by atoms with Crippen molar-refractivity contribution in [2.45, 2.75) is 63.8 Å². The maximum atomic E-state index is 12.5. The van der Waals surface area contributed by atoms with Gasteiger partial charge < -0.3 is 15.1 Å². The molecule has 144 valence electrons.